The summed E-state index contributed by atoms with van der Waals surface area (Å²) in [6, 6.07) is 2.98. The van der Waals surface area contributed by atoms with Crippen molar-refractivity contribution in [1.82, 2.24) is 9.62 Å². The first kappa shape index (κ1) is 20.2. The average molecular weight is 400 g/mol. The van der Waals surface area contributed by atoms with Crippen LogP contribution in [0, 0.1) is 11.7 Å². The molecule has 3 rings (SSSR count). The van der Waals surface area contributed by atoms with Crippen molar-refractivity contribution in [3.8, 4) is 0 Å². The fourth-order valence-corrected chi connectivity index (χ4v) is 4.73. The highest BCUT2D eigenvalue weighted by Gasteiger charge is 2.34. The molecule has 9 heteroatoms. The van der Waals surface area contributed by atoms with Crippen molar-refractivity contribution < 1.29 is 27.1 Å². The zero-order chi connectivity index (χ0) is 19.6. The number of amides is 1. The molecular formula is C18H25FN2O5S. The van der Waals surface area contributed by atoms with E-state index in [1.165, 1.54) is 0 Å². The van der Waals surface area contributed by atoms with Crippen molar-refractivity contribution in [3.05, 3.63) is 29.6 Å². The van der Waals surface area contributed by atoms with Gasteiger partial charge < -0.3 is 14.4 Å². The minimum atomic E-state index is -3.81. The Labute approximate surface area is 158 Å². The Bertz CT molecular complexity index is 793. The summed E-state index contributed by atoms with van der Waals surface area (Å²) in [5.74, 6) is -1.22. The molecule has 1 unspecified atom stereocenters. The minimum absolute atomic E-state index is 0.0304. The third-order valence-corrected chi connectivity index (χ3v) is 6.30. The van der Waals surface area contributed by atoms with E-state index < -0.39 is 21.7 Å². The summed E-state index contributed by atoms with van der Waals surface area (Å²) >= 11 is 0. The topological polar surface area (TPSA) is 84.9 Å². The SMILES string of the molecule is CC(C)NS(=O)(=O)c1ccc(F)c(C(=O)N2CCCC(C3OCCO3)C2)c1. The molecule has 2 heterocycles. The summed E-state index contributed by atoms with van der Waals surface area (Å²) < 4.78 is 52.5. The quantitative estimate of drug-likeness (QED) is 0.814. The molecule has 150 valence electrons. The van der Waals surface area contributed by atoms with Crippen LogP contribution >= 0.6 is 0 Å². The van der Waals surface area contributed by atoms with Gasteiger partial charge in [-0.15, -0.1) is 0 Å². The Kier molecular flexibility index (Phi) is 6.15. The lowest BCUT2D eigenvalue weighted by Gasteiger charge is -2.34. The summed E-state index contributed by atoms with van der Waals surface area (Å²) in [5.41, 5.74) is -0.240. The number of carbonyl (C=O) groups is 1. The van der Waals surface area contributed by atoms with Gasteiger partial charge in [0.1, 0.15) is 5.82 Å². The first-order valence-electron chi connectivity index (χ1n) is 9.12. The number of hydrogen-bond acceptors (Lipinski definition) is 5. The number of ether oxygens (including phenoxy) is 2. The molecule has 2 saturated heterocycles. The van der Waals surface area contributed by atoms with Crippen molar-refractivity contribution in [1.29, 1.82) is 0 Å². The molecule has 27 heavy (non-hydrogen) atoms. The number of nitrogens with one attached hydrogen (secondary N) is 1. The van der Waals surface area contributed by atoms with Crippen molar-refractivity contribution in [2.75, 3.05) is 26.3 Å². The van der Waals surface area contributed by atoms with Crippen molar-refractivity contribution in [3.63, 3.8) is 0 Å². The van der Waals surface area contributed by atoms with E-state index >= 15 is 0 Å². The van der Waals surface area contributed by atoms with Gasteiger partial charge in [-0.3, -0.25) is 4.79 Å². The molecule has 2 fully saturated rings. The number of likely N-dealkylation sites (tertiary alicyclic amines) is 1. The molecule has 2 aliphatic heterocycles. The van der Waals surface area contributed by atoms with E-state index in [9.17, 15) is 17.6 Å². The van der Waals surface area contributed by atoms with Gasteiger partial charge in [0.15, 0.2) is 6.29 Å². The summed E-state index contributed by atoms with van der Waals surface area (Å²) in [7, 11) is -3.81. The second kappa shape index (κ2) is 8.22. The number of sulfonamides is 1. The normalized spacial score (nSPS) is 21.8. The highest BCUT2D eigenvalue weighted by atomic mass is 32.2. The minimum Gasteiger partial charge on any atom is -0.350 e. The lowest BCUT2D eigenvalue weighted by molar-refractivity contribution is -0.0969. The molecule has 0 aliphatic carbocycles. The van der Waals surface area contributed by atoms with Gasteiger partial charge in [-0.1, -0.05) is 0 Å². The van der Waals surface area contributed by atoms with Crippen LogP contribution in [0.5, 0.6) is 0 Å². The maximum absolute atomic E-state index is 14.3. The van der Waals surface area contributed by atoms with Gasteiger partial charge in [-0.05, 0) is 44.9 Å². The highest BCUT2D eigenvalue weighted by molar-refractivity contribution is 7.89. The van der Waals surface area contributed by atoms with Crippen LogP contribution in [0.2, 0.25) is 0 Å². The number of benzene rings is 1. The van der Waals surface area contributed by atoms with Crippen LogP contribution in [0.1, 0.15) is 37.0 Å². The molecular weight excluding hydrogens is 375 g/mol. The number of rotatable bonds is 5. The van der Waals surface area contributed by atoms with Crippen molar-refractivity contribution in [2.45, 2.75) is 43.9 Å². The predicted octanol–water partition coefficient (Wildman–Crippen LogP) is 1.74. The molecule has 1 aromatic rings. The second-order valence-corrected chi connectivity index (χ2v) is 8.90. The van der Waals surface area contributed by atoms with E-state index in [0.717, 1.165) is 31.0 Å². The summed E-state index contributed by atoms with van der Waals surface area (Å²) in [6.45, 7) is 5.33. The van der Waals surface area contributed by atoms with Gasteiger partial charge in [0.25, 0.3) is 5.91 Å². The molecule has 0 radical (unpaired) electrons. The fourth-order valence-electron chi connectivity index (χ4n) is 3.45. The third-order valence-electron chi connectivity index (χ3n) is 4.65. The van der Waals surface area contributed by atoms with Gasteiger partial charge in [0.05, 0.1) is 23.7 Å². The molecule has 1 N–H and O–H groups in total. The highest BCUT2D eigenvalue weighted by Crippen LogP contribution is 2.27. The average Bonchev–Trinajstić information content (AvgIpc) is 3.15. The van der Waals surface area contributed by atoms with Gasteiger partial charge in [0.2, 0.25) is 10.0 Å². The Morgan fingerprint density at radius 1 is 1.30 bits per heavy atom. The maximum atomic E-state index is 14.3. The van der Waals surface area contributed by atoms with Crippen LogP contribution in [0.4, 0.5) is 4.39 Å². The fraction of sp³-hybridized carbons (Fsp3) is 0.611. The van der Waals surface area contributed by atoms with Gasteiger partial charge in [0, 0.05) is 25.0 Å². The van der Waals surface area contributed by atoms with E-state index in [-0.39, 0.29) is 28.7 Å². The maximum Gasteiger partial charge on any atom is 0.256 e. The molecule has 1 amide bonds. The van der Waals surface area contributed by atoms with E-state index in [0.29, 0.717) is 26.3 Å². The van der Waals surface area contributed by atoms with Crippen molar-refractivity contribution in [2.24, 2.45) is 5.92 Å². The van der Waals surface area contributed by atoms with Crippen molar-refractivity contribution >= 4 is 15.9 Å². The Morgan fingerprint density at radius 2 is 2.00 bits per heavy atom. The van der Waals surface area contributed by atoms with Crippen LogP contribution in [0.15, 0.2) is 23.1 Å². The predicted molar refractivity (Wildman–Crippen MR) is 96.2 cm³/mol. The van der Waals surface area contributed by atoms with Crippen LogP contribution in [-0.2, 0) is 19.5 Å². The van der Waals surface area contributed by atoms with E-state index in [1.807, 2.05) is 0 Å². The summed E-state index contributed by atoms with van der Waals surface area (Å²) in [4.78, 5) is 14.3. The number of nitrogens with zero attached hydrogens (tertiary/aromatic N) is 1. The molecule has 1 aromatic carbocycles. The largest absolute Gasteiger partial charge is 0.350 e. The second-order valence-electron chi connectivity index (χ2n) is 7.18. The molecule has 7 nitrogen and oxygen atoms in total. The molecule has 0 bridgehead atoms. The Hall–Kier alpha value is -1.55. The first-order valence-corrected chi connectivity index (χ1v) is 10.6. The van der Waals surface area contributed by atoms with Crippen LogP contribution in [0.3, 0.4) is 0 Å². The van der Waals surface area contributed by atoms with Crippen LogP contribution in [-0.4, -0.2) is 57.9 Å². The Morgan fingerprint density at radius 3 is 2.67 bits per heavy atom. The lowest BCUT2D eigenvalue weighted by Crippen LogP contribution is -2.44. The molecule has 1 atom stereocenters. The third kappa shape index (κ3) is 4.66. The molecule has 0 spiro atoms. The lowest BCUT2D eigenvalue weighted by atomic mass is 9.96. The Balaban J connectivity index is 1.80. The summed E-state index contributed by atoms with van der Waals surface area (Å²) in [6.07, 6.45) is 1.28. The van der Waals surface area contributed by atoms with Gasteiger partial charge in [-0.2, -0.15) is 0 Å². The standard InChI is InChI=1S/C18H25FN2O5S/c1-12(2)20-27(23,24)14-5-6-16(19)15(10-14)17(22)21-7-3-4-13(11-21)18-25-8-9-26-18/h5-6,10,12-13,18,20H,3-4,7-9,11H2,1-2H3. The number of piperidine rings is 1. The van der Waals surface area contributed by atoms with Crippen LogP contribution < -0.4 is 4.72 Å². The zero-order valence-corrected chi connectivity index (χ0v) is 16.3. The number of carbonyl (C=O) groups excluding carboxylic acids is 1. The zero-order valence-electron chi connectivity index (χ0n) is 15.5. The molecule has 2 aliphatic rings. The number of hydrogen-bond donors (Lipinski definition) is 1. The first-order chi connectivity index (χ1) is 12.8. The smallest absolute Gasteiger partial charge is 0.256 e. The van der Waals surface area contributed by atoms with Gasteiger partial charge >= 0.3 is 0 Å². The summed E-state index contributed by atoms with van der Waals surface area (Å²) in [5, 5.41) is 0. The van der Waals surface area contributed by atoms with E-state index in [2.05, 4.69) is 4.72 Å². The van der Waals surface area contributed by atoms with Crippen LogP contribution in [0.25, 0.3) is 0 Å². The number of halogens is 1. The van der Waals surface area contributed by atoms with E-state index in [4.69, 9.17) is 9.47 Å². The van der Waals surface area contributed by atoms with Gasteiger partial charge in [-0.25, -0.2) is 17.5 Å². The van der Waals surface area contributed by atoms with E-state index in [1.54, 1.807) is 18.7 Å². The molecule has 0 saturated carbocycles. The monoisotopic (exact) mass is 400 g/mol. The molecule has 0 aromatic heterocycles.